The van der Waals surface area contributed by atoms with E-state index in [9.17, 15) is 0 Å². The Hall–Kier alpha value is -0.0800. The SMILES string of the molecule is CCC1CCCCCCCC(C2CCNCN2)C1. The molecule has 2 fully saturated rings. The first-order chi connectivity index (χ1) is 8.90. The maximum Gasteiger partial charge on any atom is 0.0456 e. The van der Waals surface area contributed by atoms with Crippen LogP contribution in [0.4, 0.5) is 0 Å². The van der Waals surface area contributed by atoms with Crippen LogP contribution in [0.5, 0.6) is 0 Å². The van der Waals surface area contributed by atoms with E-state index in [-0.39, 0.29) is 0 Å². The van der Waals surface area contributed by atoms with Gasteiger partial charge >= 0.3 is 0 Å². The van der Waals surface area contributed by atoms with Crippen LogP contribution in [-0.4, -0.2) is 19.3 Å². The van der Waals surface area contributed by atoms with Crippen LogP contribution in [0.2, 0.25) is 0 Å². The van der Waals surface area contributed by atoms with Gasteiger partial charge in [-0.3, -0.25) is 0 Å². The summed E-state index contributed by atoms with van der Waals surface area (Å²) in [4.78, 5) is 0. The van der Waals surface area contributed by atoms with Gasteiger partial charge in [0.1, 0.15) is 0 Å². The predicted octanol–water partition coefficient (Wildman–Crippen LogP) is 3.67. The third-order valence-electron chi connectivity index (χ3n) is 5.09. The predicted molar refractivity (Wildman–Crippen MR) is 78.6 cm³/mol. The molecule has 0 amide bonds. The molecule has 2 rings (SSSR count). The van der Waals surface area contributed by atoms with Crippen molar-refractivity contribution >= 4 is 0 Å². The molecule has 3 atom stereocenters. The highest BCUT2D eigenvalue weighted by Crippen LogP contribution is 2.30. The molecule has 0 bridgehead atoms. The van der Waals surface area contributed by atoms with E-state index in [2.05, 4.69) is 17.6 Å². The van der Waals surface area contributed by atoms with E-state index in [4.69, 9.17) is 0 Å². The van der Waals surface area contributed by atoms with Gasteiger partial charge in [0.15, 0.2) is 0 Å². The third kappa shape index (κ3) is 4.55. The Balaban J connectivity index is 1.89. The van der Waals surface area contributed by atoms with Gasteiger partial charge in [-0.05, 0) is 37.6 Å². The molecule has 18 heavy (non-hydrogen) atoms. The van der Waals surface area contributed by atoms with Crippen molar-refractivity contribution in [3.05, 3.63) is 0 Å². The van der Waals surface area contributed by atoms with E-state index < -0.39 is 0 Å². The van der Waals surface area contributed by atoms with Crippen molar-refractivity contribution in [2.24, 2.45) is 11.8 Å². The van der Waals surface area contributed by atoms with Gasteiger partial charge < -0.3 is 10.6 Å². The second-order valence-corrected chi connectivity index (χ2v) is 6.39. The summed E-state index contributed by atoms with van der Waals surface area (Å²) in [7, 11) is 0. The zero-order chi connectivity index (χ0) is 12.6. The molecule has 106 valence electrons. The quantitative estimate of drug-likeness (QED) is 0.783. The lowest BCUT2D eigenvalue weighted by Crippen LogP contribution is -2.48. The molecule has 0 aromatic carbocycles. The maximum absolute atomic E-state index is 3.71. The molecular formula is C16H32N2. The van der Waals surface area contributed by atoms with Crippen LogP contribution in [-0.2, 0) is 0 Å². The Morgan fingerprint density at radius 2 is 1.72 bits per heavy atom. The zero-order valence-electron chi connectivity index (χ0n) is 12.2. The standard InChI is InChI=1S/C16H32N2/c1-2-14-8-6-4-3-5-7-9-15(12-14)16-10-11-17-13-18-16/h14-18H,2-13H2,1H3. The molecular weight excluding hydrogens is 220 g/mol. The van der Waals surface area contributed by atoms with E-state index in [1.807, 2.05) is 0 Å². The van der Waals surface area contributed by atoms with Crippen LogP contribution >= 0.6 is 0 Å². The lowest BCUT2D eigenvalue weighted by molar-refractivity contribution is 0.216. The summed E-state index contributed by atoms with van der Waals surface area (Å²) in [5.74, 6) is 1.93. The van der Waals surface area contributed by atoms with Crippen molar-refractivity contribution < 1.29 is 0 Å². The van der Waals surface area contributed by atoms with Gasteiger partial charge in [0.2, 0.25) is 0 Å². The molecule has 1 aliphatic carbocycles. The van der Waals surface area contributed by atoms with Crippen LogP contribution in [0, 0.1) is 11.8 Å². The Morgan fingerprint density at radius 3 is 2.44 bits per heavy atom. The minimum atomic E-state index is 0.791. The number of hydrogen-bond acceptors (Lipinski definition) is 2. The summed E-state index contributed by atoms with van der Waals surface area (Å²) in [6.07, 6.45) is 14.5. The van der Waals surface area contributed by atoms with Crippen molar-refractivity contribution in [1.82, 2.24) is 10.6 Å². The summed E-state index contributed by atoms with van der Waals surface area (Å²) in [5.41, 5.74) is 0. The highest BCUT2D eigenvalue weighted by molar-refractivity contribution is 4.82. The zero-order valence-corrected chi connectivity index (χ0v) is 12.2. The molecule has 0 spiro atoms. The van der Waals surface area contributed by atoms with E-state index >= 15 is 0 Å². The number of rotatable bonds is 2. The number of hydrogen-bond donors (Lipinski definition) is 2. The van der Waals surface area contributed by atoms with Gasteiger partial charge in [-0.25, -0.2) is 0 Å². The fourth-order valence-electron chi connectivity index (χ4n) is 3.82. The molecule has 0 aromatic heterocycles. The maximum atomic E-state index is 3.71. The molecule has 2 aliphatic rings. The Kier molecular flexibility index (Phi) is 6.50. The third-order valence-corrected chi connectivity index (χ3v) is 5.09. The lowest BCUT2D eigenvalue weighted by Gasteiger charge is -2.34. The summed E-state index contributed by atoms with van der Waals surface area (Å²) < 4.78 is 0. The molecule has 1 saturated heterocycles. The van der Waals surface area contributed by atoms with Crippen molar-refractivity contribution in [3.8, 4) is 0 Å². The van der Waals surface area contributed by atoms with Gasteiger partial charge in [-0.1, -0.05) is 51.9 Å². The highest BCUT2D eigenvalue weighted by atomic mass is 15.1. The van der Waals surface area contributed by atoms with Crippen molar-refractivity contribution in [3.63, 3.8) is 0 Å². The Labute approximate surface area is 113 Å². The largest absolute Gasteiger partial charge is 0.304 e. The summed E-state index contributed by atoms with van der Waals surface area (Å²) in [5, 5.41) is 7.12. The minimum absolute atomic E-state index is 0.791. The molecule has 2 nitrogen and oxygen atoms in total. The van der Waals surface area contributed by atoms with Crippen molar-refractivity contribution in [2.45, 2.75) is 77.2 Å². The van der Waals surface area contributed by atoms with E-state index in [1.54, 1.807) is 0 Å². The van der Waals surface area contributed by atoms with Gasteiger partial charge in [-0.2, -0.15) is 0 Å². The van der Waals surface area contributed by atoms with Gasteiger partial charge in [-0.15, -0.1) is 0 Å². The molecule has 1 heterocycles. The molecule has 1 saturated carbocycles. The fourth-order valence-corrected chi connectivity index (χ4v) is 3.82. The molecule has 0 aromatic rings. The molecule has 3 unspecified atom stereocenters. The van der Waals surface area contributed by atoms with Crippen LogP contribution in [0.1, 0.15) is 71.1 Å². The van der Waals surface area contributed by atoms with Gasteiger partial charge in [0.25, 0.3) is 0 Å². The van der Waals surface area contributed by atoms with Gasteiger partial charge in [0, 0.05) is 12.7 Å². The average molecular weight is 252 g/mol. The second-order valence-electron chi connectivity index (χ2n) is 6.39. The normalized spacial score (nSPS) is 36.2. The first-order valence-electron chi connectivity index (χ1n) is 8.34. The van der Waals surface area contributed by atoms with E-state index in [0.717, 1.165) is 24.5 Å². The molecule has 0 radical (unpaired) electrons. The van der Waals surface area contributed by atoms with Crippen LogP contribution < -0.4 is 10.6 Å². The first kappa shape index (κ1) is 14.3. The van der Waals surface area contributed by atoms with E-state index in [1.165, 1.54) is 70.8 Å². The second kappa shape index (κ2) is 8.16. The Bertz CT molecular complexity index is 211. The molecule has 2 heteroatoms. The lowest BCUT2D eigenvalue weighted by atomic mass is 9.79. The smallest absolute Gasteiger partial charge is 0.0456 e. The van der Waals surface area contributed by atoms with Crippen LogP contribution in [0.25, 0.3) is 0 Å². The highest BCUT2D eigenvalue weighted by Gasteiger charge is 2.25. The number of nitrogens with one attached hydrogen (secondary N) is 2. The average Bonchev–Trinajstić information content (AvgIpc) is 2.45. The first-order valence-corrected chi connectivity index (χ1v) is 8.34. The molecule has 1 aliphatic heterocycles. The Morgan fingerprint density at radius 1 is 0.944 bits per heavy atom. The monoisotopic (exact) mass is 252 g/mol. The van der Waals surface area contributed by atoms with Crippen LogP contribution in [0.15, 0.2) is 0 Å². The topological polar surface area (TPSA) is 24.1 Å². The van der Waals surface area contributed by atoms with Crippen LogP contribution in [0.3, 0.4) is 0 Å². The summed E-state index contributed by atoms with van der Waals surface area (Å²) in [6, 6.07) is 0.791. The molecule has 2 N–H and O–H groups in total. The minimum Gasteiger partial charge on any atom is -0.304 e. The fraction of sp³-hybridized carbons (Fsp3) is 1.00. The van der Waals surface area contributed by atoms with Gasteiger partial charge in [0.05, 0.1) is 0 Å². The summed E-state index contributed by atoms with van der Waals surface area (Å²) >= 11 is 0. The van der Waals surface area contributed by atoms with E-state index in [0.29, 0.717) is 0 Å². The summed E-state index contributed by atoms with van der Waals surface area (Å²) in [6.45, 7) is 4.63. The van der Waals surface area contributed by atoms with Crippen molar-refractivity contribution in [1.29, 1.82) is 0 Å². The van der Waals surface area contributed by atoms with Crippen molar-refractivity contribution in [2.75, 3.05) is 13.2 Å².